The van der Waals surface area contributed by atoms with Crippen LogP contribution < -0.4 is 15.4 Å². The van der Waals surface area contributed by atoms with Crippen LogP contribution in [0.4, 0.5) is 16.2 Å². The van der Waals surface area contributed by atoms with E-state index in [1.165, 1.54) is 30.6 Å². The molecule has 10 nitrogen and oxygen atoms in total. The van der Waals surface area contributed by atoms with E-state index in [1.807, 2.05) is 19.2 Å². The lowest BCUT2D eigenvalue weighted by Crippen LogP contribution is -2.50. The molecule has 38 heavy (non-hydrogen) atoms. The molecule has 0 spiro atoms. The number of thiophene rings is 1. The smallest absolute Gasteiger partial charge is 0.255 e. The van der Waals surface area contributed by atoms with Gasteiger partial charge >= 0.3 is 0 Å². The van der Waals surface area contributed by atoms with Crippen LogP contribution in [0.3, 0.4) is 0 Å². The Morgan fingerprint density at radius 2 is 2.08 bits per heavy atom. The molecule has 0 bridgehead atoms. The summed E-state index contributed by atoms with van der Waals surface area (Å²) in [6, 6.07) is 9.02. The molecule has 1 aliphatic heterocycles. The van der Waals surface area contributed by atoms with Crippen LogP contribution >= 0.6 is 11.3 Å². The summed E-state index contributed by atoms with van der Waals surface area (Å²) in [7, 11) is 3.27. The predicted molar refractivity (Wildman–Crippen MR) is 141 cm³/mol. The molecule has 1 aromatic carbocycles. The van der Waals surface area contributed by atoms with Crippen molar-refractivity contribution in [3.05, 3.63) is 70.6 Å². The maximum Gasteiger partial charge on any atom is 0.255 e. The Balaban J connectivity index is 1.27. The van der Waals surface area contributed by atoms with E-state index in [1.54, 1.807) is 41.0 Å². The van der Waals surface area contributed by atoms with E-state index in [4.69, 9.17) is 4.74 Å². The number of nitrogens with zero attached hydrogens (tertiary/aromatic N) is 5. The number of fused-ring (bicyclic) bond motifs is 1. The molecule has 12 heteroatoms. The number of carbonyl (C=O) groups is 2. The van der Waals surface area contributed by atoms with Crippen molar-refractivity contribution in [1.82, 2.24) is 30.0 Å². The molecule has 2 amide bonds. The van der Waals surface area contributed by atoms with Gasteiger partial charge in [0.1, 0.15) is 23.4 Å². The molecule has 0 fully saturated rings. The number of nitrogens with one attached hydrogen (secondary N) is 2. The number of anilines is 2. The van der Waals surface area contributed by atoms with E-state index < -0.39 is 11.9 Å². The molecule has 196 valence electrons. The van der Waals surface area contributed by atoms with Crippen LogP contribution in [0.25, 0.3) is 10.6 Å². The van der Waals surface area contributed by atoms with Gasteiger partial charge in [0.25, 0.3) is 5.91 Å². The monoisotopic (exact) mass is 535 g/mol. The third kappa shape index (κ3) is 5.21. The van der Waals surface area contributed by atoms with Gasteiger partial charge in [-0.15, -0.1) is 11.3 Å². The third-order valence-corrected chi connectivity index (χ3v) is 7.55. The van der Waals surface area contributed by atoms with Crippen molar-refractivity contribution in [3.63, 3.8) is 0 Å². The fraction of sp³-hybridized carbons (Fsp3) is 0.269. The summed E-state index contributed by atoms with van der Waals surface area (Å²) in [6.45, 7) is 2.24. The normalized spacial score (nSPS) is 13.7. The quantitative estimate of drug-likeness (QED) is 0.355. The maximum atomic E-state index is 13.8. The Labute approximate surface area is 222 Å². The average Bonchev–Trinajstić information content (AvgIpc) is 3.53. The molecule has 0 saturated carbocycles. The molecule has 4 heterocycles. The van der Waals surface area contributed by atoms with Crippen molar-refractivity contribution in [1.29, 1.82) is 0 Å². The van der Waals surface area contributed by atoms with E-state index in [2.05, 4.69) is 25.7 Å². The highest BCUT2D eigenvalue weighted by Gasteiger charge is 2.33. The highest BCUT2D eigenvalue weighted by molar-refractivity contribution is 7.15. The molecule has 3 aromatic heterocycles. The second kappa shape index (κ2) is 10.6. The number of hydrogen-bond acceptors (Lipinski definition) is 8. The van der Waals surface area contributed by atoms with Crippen LogP contribution in [0, 0.1) is 5.82 Å². The standard InChI is InChI=1S/C26H26FN7O3S/c1-15(24(35)29-14-16-10-17(27)12-18(11-16)37-3)34-9-6-21-19(25(34)36)13-22(38-21)20-4-7-28-26(31-20)32-23-5-8-30-33(23)2/h4-5,7-8,10-13,15H,6,9,14H2,1-3H3,(H,29,35)(H,28,31,32)/t15-/m1/s1. The minimum Gasteiger partial charge on any atom is -0.497 e. The molecule has 1 aliphatic rings. The number of benzene rings is 1. The van der Waals surface area contributed by atoms with Crippen molar-refractivity contribution in [3.8, 4) is 16.3 Å². The van der Waals surface area contributed by atoms with Crippen LogP contribution in [0.15, 0.2) is 48.8 Å². The van der Waals surface area contributed by atoms with Gasteiger partial charge in [-0.3, -0.25) is 14.3 Å². The van der Waals surface area contributed by atoms with Gasteiger partial charge in [-0.2, -0.15) is 5.10 Å². The Kier molecular flexibility index (Phi) is 7.05. The number of amides is 2. The number of hydrogen-bond donors (Lipinski definition) is 2. The molecular formula is C26H26FN7O3S. The van der Waals surface area contributed by atoms with E-state index >= 15 is 0 Å². The maximum absolute atomic E-state index is 13.8. The van der Waals surface area contributed by atoms with E-state index in [0.29, 0.717) is 41.5 Å². The summed E-state index contributed by atoms with van der Waals surface area (Å²) in [6.07, 6.45) is 3.97. The SMILES string of the molecule is COc1cc(F)cc(CNC(=O)[C@@H](C)N2CCc3sc(-c4ccnc(Nc5ccnn5C)n4)cc3C2=O)c1. The minimum absolute atomic E-state index is 0.121. The Morgan fingerprint density at radius 1 is 1.24 bits per heavy atom. The summed E-state index contributed by atoms with van der Waals surface area (Å²) in [5, 5.41) is 10.1. The molecule has 0 radical (unpaired) electrons. The van der Waals surface area contributed by atoms with Gasteiger partial charge in [0.15, 0.2) is 0 Å². The van der Waals surface area contributed by atoms with Crippen molar-refractivity contribution < 1.29 is 18.7 Å². The Bertz CT molecular complexity index is 1500. The van der Waals surface area contributed by atoms with E-state index in [0.717, 1.165) is 15.6 Å². The third-order valence-electron chi connectivity index (χ3n) is 6.33. The van der Waals surface area contributed by atoms with E-state index in [9.17, 15) is 14.0 Å². The van der Waals surface area contributed by atoms with Gasteiger partial charge in [-0.1, -0.05) is 0 Å². The van der Waals surface area contributed by atoms with Gasteiger partial charge in [-0.05, 0) is 36.8 Å². The second-order valence-corrected chi connectivity index (χ2v) is 9.96. The average molecular weight is 536 g/mol. The number of halogens is 1. The fourth-order valence-corrected chi connectivity index (χ4v) is 5.37. The van der Waals surface area contributed by atoms with Gasteiger partial charge < -0.3 is 20.3 Å². The highest BCUT2D eigenvalue weighted by atomic mass is 32.1. The van der Waals surface area contributed by atoms with Crippen molar-refractivity contribution in [2.24, 2.45) is 7.05 Å². The molecule has 0 aliphatic carbocycles. The van der Waals surface area contributed by atoms with Gasteiger partial charge in [0, 0.05) is 49.8 Å². The summed E-state index contributed by atoms with van der Waals surface area (Å²) >= 11 is 1.52. The van der Waals surface area contributed by atoms with Gasteiger partial charge in [-0.25, -0.2) is 14.4 Å². The van der Waals surface area contributed by atoms with Crippen LogP contribution in [-0.4, -0.2) is 56.2 Å². The topological polar surface area (TPSA) is 114 Å². The highest BCUT2D eigenvalue weighted by Crippen LogP contribution is 2.35. The zero-order valence-corrected chi connectivity index (χ0v) is 21.9. The zero-order valence-electron chi connectivity index (χ0n) is 21.1. The lowest BCUT2D eigenvalue weighted by molar-refractivity contribution is -0.125. The van der Waals surface area contributed by atoms with Crippen LogP contribution in [0.1, 0.15) is 27.7 Å². The number of methoxy groups -OCH3 is 1. The molecular weight excluding hydrogens is 509 g/mol. The molecule has 5 rings (SSSR count). The number of carbonyl (C=O) groups excluding carboxylic acids is 2. The van der Waals surface area contributed by atoms with Gasteiger partial charge in [0.05, 0.1) is 29.4 Å². The Hall–Kier alpha value is -4.32. The van der Waals surface area contributed by atoms with Crippen LogP contribution in [0.5, 0.6) is 5.75 Å². The van der Waals surface area contributed by atoms with Gasteiger partial charge in [0.2, 0.25) is 11.9 Å². The largest absolute Gasteiger partial charge is 0.497 e. The summed E-state index contributed by atoms with van der Waals surface area (Å²) < 4.78 is 20.5. The lowest BCUT2D eigenvalue weighted by Gasteiger charge is -2.31. The Morgan fingerprint density at radius 3 is 2.84 bits per heavy atom. The predicted octanol–water partition coefficient (Wildman–Crippen LogP) is 3.53. The molecule has 2 N–H and O–H groups in total. The van der Waals surface area contributed by atoms with Crippen molar-refractivity contribution >= 4 is 34.9 Å². The summed E-state index contributed by atoms with van der Waals surface area (Å²) in [4.78, 5) is 38.5. The number of ether oxygens (including phenoxy) is 1. The summed E-state index contributed by atoms with van der Waals surface area (Å²) in [5.41, 5.74) is 1.84. The second-order valence-electron chi connectivity index (χ2n) is 8.82. The fourth-order valence-electron chi connectivity index (χ4n) is 4.26. The minimum atomic E-state index is -0.691. The molecule has 1 atom stereocenters. The first-order chi connectivity index (χ1) is 18.3. The lowest BCUT2D eigenvalue weighted by atomic mass is 10.1. The van der Waals surface area contributed by atoms with Crippen LogP contribution in [-0.2, 0) is 24.8 Å². The van der Waals surface area contributed by atoms with Crippen molar-refractivity contribution in [2.45, 2.75) is 25.9 Å². The van der Waals surface area contributed by atoms with Crippen molar-refractivity contribution in [2.75, 3.05) is 19.0 Å². The molecule has 0 unspecified atom stereocenters. The first-order valence-electron chi connectivity index (χ1n) is 12.0. The summed E-state index contributed by atoms with van der Waals surface area (Å²) in [5.74, 6) is 0.581. The molecule has 0 saturated heterocycles. The van der Waals surface area contributed by atoms with E-state index in [-0.39, 0.29) is 18.4 Å². The van der Waals surface area contributed by atoms with Crippen LogP contribution in [0.2, 0.25) is 0 Å². The first kappa shape index (κ1) is 25.3. The number of rotatable bonds is 8. The first-order valence-corrected chi connectivity index (χ1v) is 12.8. The molecule has 4 aromatic rings. The number of aryl methyl sites for hydroxylation is 1. The number of aromatic nitrogens is 4. The zero-order chi connectivity index (χ0) is 26.8.